The Morgan fingerprint density at radius 2 is 2.00 bits per heavy atom. The van der Waals surface area contributed by atoms with Crippen molar-refractivity contribution < 1.29 is 0 Å². The Balaban J connectivity index is 1.69. The van der Waals surface area contributed by atoms with E-state index >= 15 is 0 Å². The first-order valence-corrected chi connectivity index (χ1v) is 7.48. The Labute approximate surface area is 131 Å². The highest BCUT2D eigenvalue weighted by molar-refractivity contribution is 7.13. The summed E-state index contributed by atoms with van der Waals surface area (Å²) in [4.78, 5) is 8.62. The summed E-state index contributed by atoms with van der Waals surface area (Å²) >= 11 is 7.44. The number of thiazole rings is 1. The maximum absolute atomic E-state index is 5.88. The lowest BCUT2D eigenvalue weighted by Crippen LogP contribution is -1.92. The Bertz CT molecular complexity index is 738. The molecular weight excluding hydrogens is 304 g/mol. The Hall–Kier alpha value is -2.24. The van der Waals surface area contributed by atoms with Gasteiger partial charge in [0.1, 0.15) is 10.8 Å². The molecule has 104 valence electrons. The Kier molecular flexibility index (Phi) is 4.23. The van der Waals surface area contributed by atoms with Gasteiger partial charge in [0, 0.05) is 22.2 Å². The third-order valence-electron chi connectivity index (χ3n) is 2.65. The predicted molar refractivity (Wildman–Crippen MR) is 88.0 cm³/mol. The van der Waals surface area contributed by atoms with E-state index in [1.54, 1.807) is 23.7 Å². The second-order valence-corrected chi connectivity index (χ2v) is 5.46. The van der Waals surface area contributed by atoms with Crippen LogP contribution in [0.1, 0.15) is 5.69 Å². The number of halogens is 1. The molecule has 0 saturated carbocycles. The number of nitrogens with zero attached hydrogens (tertiary/aromatic N) is 3. The molecule has 0 aliphatic heterocycles. The smallest absolute Gasteiger partial charge is 0.146 e. The second-order valence-electron chi connectivity index (χ2n) is 4.17. The summed E-state index contributed by atoms with van der Waals surface area (Å²) in [6, 6.07) is 13.2. The molecule has 0 radical (unpaired) electrons. The van der Waals surface area contributed by atoms with Crippen molar-refractivity contribution in [3.63, 3.8) is 0 Å². The van der Waals surface area contributed by atoms with Gasteiger partial charge in [-0.2, -0.15) is 5.10 Å². The minimum absolute atomic E-state index is 0.696. The van der Waals surface area contributed by atoms with Gasteiger partial charge in [-0.1, -0.05) is 29.8 Å². The average Bonchev–Trinajstić information content (AvgIpc) is 2.98. The van der Waals surface area contributed by atoms with Gasteiger partial charge in [0.2, 0.25) is 0 Å². The van der Waals surface area contributed by atoms with Crippen molar-refractivity contribution in [2.75, 3.05) is 5.43 Å². The molecule has 4 nitrogen and oxygen atoms in total. The fraction of sp³-hybridized carbons (Fsp3) is 0. The number of hydrazone groups is 1. The highest BCUT2D eigenvalue weighted by atomic mass is 35.5. The number of benzene rings is 1. The van der Waals surface area contributed by atoms with Crippen molar-refractivity contribution in [3.8, 4) is 10.6 Å². The lowest BCUT2D eigenvalue weighted by Gasteiger charge is -1.96. The van der Waals surface area contributed by atoms with Crippen LogP contribution in [0.2, 0.25) is 5.02 Å². The van der Waals surface area contributed by atoms with Crippen LogP contribution in [-0.2, 0) is 0 Å². The molecule has 6 heteroatoms. The first kappa shape index (κ1) is 13.7. The molecule has 2 heterocycles. The van der Waals surface area contributed by atoms with Crippen LogP contribution in [0.25, 0.3) is 10.6 Å². The minimum atomic E-state index is 0.696. The molecule has 3 aromatic rings. The molecule has 0 aliphatic carbocycles. The third-order valence-corrected chi connectivity index (χ3v) is 3.82. The largest absolute Gasteiger partial charge is 0.261 e. The summed E-state index contributed by atoms with van der Waals surface area (Å²) in [5, 5.41) is 7.73. The van der Waals surface area contributed by atoms with Crippen molar-refractivity contribution >= 4 is 35.0 Å². The van der Waals surface area contributed by atoms with Crippen LogP contribution in [0.3, 0.4) is 0 Å². The standard InChI is InChI=1S/C15H11ClN4S/c16-12-6-4-11(5-7-12)15-19-13(10-21-15)9-18-20-14-3-1-2-8-17-14/h1-10H,(H,17,20)/b18-9-. The first-order valence-electron chi connectivity index (χ1n) is 6.23. The van der Waals surface area contributed by atoms with Crippen LogP contribution in [0.15, 0.2) is 59.1 Å². The zero-order valence-corrected chi connectivity index (χ0v) is 12.5. The number of hydrogen-bond donors (Lipinski definition) is 1. The predicted octanol–water partition coefficient (Wildman–Crippen LogP) is 4.30. The molecule has 0 spiro atoms. The number of nitrogens with one attached hydrogen (secondary N) is 1. The molecule has 1 N–H and O–H groups in total. The lowest BCUT2D eigenvalue weighted by atomic mass is 10.2. The van der Waals surface area contributed by atoms with E-state index in [-0.39, 0.29) is 0 Å². The fourth-order valence-corrected chi connectivity index (χ4v) is 2.57. The van der Waals surface area contributed by atoms with Gasteiger partial charge < -0.3 is 0 Å². The van der Waals surface area contributed by atoms with Crippen molar-refractivity contribution in [1.29, 1.82) is 0 Å². The van der Waals surface area contributed by atoms with Crippen LogP contribution in [0, 0.1) is 0 Å². The number of pyridine rings is 1. The highest BCUT2D eigenvalue weighted by Gasteiger charge is 2.03. The van der Waals surface area contributed by atoms with Gasteiger partial charge in [-0.15, -0.1) is 11.3 Å². The summed E-state index contributed by atoms with van der Waals surface area (Å²) in [6.07, 6.45) is 3.38. The molecule has 0 unspecified atom stereocenters. The van der Waals surface area contributed by atoms with E-state index in [9.17, 15) is 0 Å². The molecular formula is C15H11ClN4S. The number of rotatable bonds is 4. The summed E-state index contributed by atoms with van der Waals surface area (Å²) in [6.45, 7) is 0. The molecule has 0 bridgehead atoms. The molecule has 3 rings (SSSR count). The third kappa shape index (κ3) is 3.65. The maximum Gasteiger partial charge on any atom is 0.146 e. The minimum Gasteiger partial charge on any atom is -0.261 e. The lowest BCUT2D eigenvalue weighted by molar-refractivity contribution is 1.23. The van der Waals surface area contributed by atoms with Crippen molar-refractivity contribution in [2.24, 2.45) is 5.10 Å². The maximum atomic E-state index is 5.88. The number of anilines is 1. The highest BCUT2D eigenvalue weighted by Crippen LogP contribution is 2.24. The molecule has 0 atom stereocenters. The average molecular weight is 315 g/mol. The molecule has 0 saturated heterocycles. The van der Waals surface area contributed by atoms with Crippen LogP contribution in [-0.4, -0.2) is 16.2 Å². The Morgan fingerprint density at radius 3 is 2.76 bits per heavy atom. The fourth-order valence-electron chi connectivity index (χ4n) is 1.66. The van der Waals surface area contributed by atoms with Crippen molar-refractivity contribution in [3.05, 3.63) is 64.8 Å². The summed E-state index contributed by atoms with van der Waals surface area (Å²) in [5.74, 6) is 0.696. The molecule has 0 amide bonds. The molecule has 0 aliphatic rings. The zero-order valence-electron chi connectivity index (χ0n) is 10.9. The second kappa shape index (κ2) is 6.47. The van der Waals surface area contributed by atoms with Gasteiger partial charge in [-0.25, -0.2) is 9.97 Å². The van der Waals surface area contributed by atoms with E-state index < -0.39 is 0 Å². The zero-order chi connectivity index (χ0) is 14.5. The summed E-state index contributed by atoms with van der Waals surface area (Å²) in [5.41, 5.74) is 4.70. The van der Waals surface area contributed by atoms with E-state index in [1.807, 2.05) is 47.8 Å². The van der Waals surface area contributed by atoms with E-state index in [1.165, 1.54) is 0 Å². The van der Waals surface area contributed by atoms with Gasteiger partial charge in [0.25, 0.3) is 0 Å². The number of aromatic nitrogens is 2. The van der Waals surface area contributed by atoms with E-state index in [2.05, 4.69) is 20.5 Å². The van der Waals surface area contributed by atoms with Gasteiger partial charge in [0.15, 0.2) is 0 Å². The molecule has 0 fully saturated rings. The van der Waals surface area contributed by atoms with Crippen LogP contribution in [0.5, 0.6) is 0 Å². The van der Waals surface area contributed by atoms with Crippen LogP contribution in [0.4, 0.5) is 5.82 Å². The SMILES string of the molecule is Clc1ccc(-c2nc(/C=N\Nc3ccccn3)cs2)cc1. The van der Waals surface area contributed by atoms with E-state index in [4.69, 9.17) is 11.6 Å². The van der Waals surface area contributed by atoms with Gasteiger partial charge in [-0.3, -0.25) is 5.43 Å². The topological polar surface area (TPSA) is 50.2 Å². The van der Waals surface area contributed by atoms with Crippen LogP contribution >= 0.6 is 22.9 Å². The molecule has 21 heavy (non-hydrogen) atoms. The summed E-state index contributed by atoms with van der Waals surface area (Å²) in [7, 11) is 0. The van der Waals surface area contributed by atoms with Gasteiger partial charge in [0.05, 0.1) is 11.9 Å². The first-order chi connectivity index (χ1) is 10.3. The van der Waals surface area contributed by atoms with Gasteiger partial charge >= 0.3 is 0 Å². The van der Waals surface area contributed by atoms with Crippen molar-refractivity contribution in [2.45, 2.75) is 0 Å². The molecule has 2 aromatic heterocycles. The normalized spacial score (nSPS) is 10.9. The molecule has 1 aromatic carbocycles. The number of hydrogen-bond acceptors (Lipinski definition) is 5. The Morgan fingerprint density at radius 1 is 1.14 bits per heavy atom. The van der Waals surface area contributed by atoms with Crippen molar-refractivity contribution in [1.82, 2.24) is 9.97 Å². The van der Waals surface area contributed by atoms with E-state index in [0.29, 0.717) is 5.82 Å². The van der Waals surface area contributed by atoms with Gasteiger partial charge in [-0.05, 0) is 24.3 Å². The quantitative estimate of drug-likeness (QED) is 0.577. The van der Waals surface area contributed by atoms with Crippen LogP contribution < -0.4 is 5.43 Å². The summed E-state index contributed by atoms with van der Waals surface area (Å²) < 4.78 is 0. The monoisotopic (exact) mass is 314 g/mol. The van der Waals surface area contributed by atoms with E-state index in [0.717, 1.165) is 21.3 Å².